The maximum absolute atomic E-state index is 11.9. The van der Waals surface area contributed by atoms with E-state index in [2.05, 4.69) is 10.4 Å². The normalized spacial score (nSPS) is 10.5. The van der Waals surface area contributed by atoms with Crippen LogP contribution in [0.3, 0.4) is 0 Å². The van der Waals surface area contributed by atoms with E-state index < -0.39 is 0 Å². The lowest BCUT2D eigenvalue weighted by Gasteiger charge is -2.02. The second-order valence-corrected chi connectivity index (χ2v) is 3.73. The van der Waals surface area contributed by atoms with Gasteiger partial charge in [0.25, 0.3) is 5.91 Å². The summed E-state index contributed by atoms with van der Waals surface area (Å²) in [7, 11) is 1.78. The highest BCUT2D eigenvalue weighted by molar-refractivity contribution is 6.04. The molecule has 6 nitrogen and oxygen atoms in total. The van der Waals surface area contributed by atoms with Gasteiger partial charge in [-0.1, -0.05) is 0 Å². The van der Waals surface area contributed by atoms with Crippen LogP contribution in [0.5, 0.6) is 0 Å². The first-order valence-corrected chi connectivity index (χ1v) is 5.20. The second kappa shape index (κ2) is 4.42. The third kappa shape index (κ3) is 2.21. The van der Waals surface area contributed by atoms with E-state index in [1.807, 2.05) is 0 Å². The molecular weight excluding hydrogens is 220 g/mol. The molecule has 0 atom stereocenters. The van der Waals surface area contributed by atoms with Crippen molar-refractivity contribution in [2.75, 3.05) is 5.32 Å². The average molecular weight is 234 g/mol. The molecule has 0 aliphatic carbocycles. The summed E-state index contributed by atoms with van der Waals surface area (Å²) in [5.74, 6) is 0.818. The molecule has 2 rings (SSSR count). The Morgan fingerprint density at radius 2 is 2.41 bits per heavy atom. The summed E-state index contributed by atoms with van der Waals surface area (Å²) in [5, 5.41) is 6.85. The van der Waals surface area contributed by atoms with Gasteiger partial charge in [0.2, 0.25) is 0 Å². The average Bonchev–Trinajstić information content (AvgIpc) is 2.84. The Hall–Kier alpha value is -2.08. The number of nitrogens with one attached hydrogen (secondary N) is 1. The number of aromatic nitrogens is 2. The first-order chi connectivity index (χ1) is 8.11. The van der Waals surface area contributed by atoms with Gasteiger partial charge in [-0.2, -0.15) is 5.10 Å². The predicted octanol–water partition coefficient (Wildman–Crippen LogP) is 1.03. The molecule has 0 aliphatic rings. The van der Waals surface area contributed by atoms with Crippen LogP contribution in [0.25, 0.3) is 0 Å². The van der Waals surface area contributed by atoms with Gasteiger partial charge >= 0.3 is 0 Å². The fourth-order valence-corrected chi connectivity index (χ4v) is 1.59. The fourth-order valence-electron chi connectivity index (χ4n) is 1.59. The molecule has 90 valence electrons. The minimum atomic E-state index is -0.246. The molecule has 0 radical (unpaired) electrons. The van der Waals surface area contributed by atoms with Gasteiger partial charge in [-0.25, -0.2) is 0 Å². The number of furan rings is 1. The lowest BCUT2D eigenvalue weighted by Crippen LogP contribution is -2.14. The second-order valence-electron chi connectivity index (χ2n) is 3.73. The molecule has 2 aromatic rings. The molecule has 0 spiro atoms. The van der Waals surface area contributed by atoms with Gasteiger partial charge in [0.15, 0.2) is 5.82 Å². The van der Waals surface area contributed by atoms with E-state index in [0.717, 1.165) is 5.56 Å². The SMILES string of the molecule is Cc1occc1C(=O)Nc1nn(C)cc1CN. The number of nitrogens with zero attached hydrogens (tertiary/aromatic N) is 2. The predicted molar refractivity (Wildman–Crippen MR) is 62.5 cm³/mol. The summed E-state index contributed by atoms with van der Waals surface area (Å²) in [6, 6.07) is 1.62. The molecule has 2 heterocycles. The number of carbonyl (C=O) groups excluding carboxylic acids is 1. The van der Waals surface area contributed by atoms with Crippen molar-refractivity contribution < 1.29 is 9.21 Å². The Morgan fingerprint density at radius 1 is 1.65 bits per heavy atom. The Balaban J connectivity index is 2.21. The van der Waals surface area contributed by atoms with E-state index >= 15 is 0 Å². The monoisotopic (exact) mass is 234 g/mol. The molecule has 6 heteroatoms. The Morgan fingerprint density at radius 3 is 3.00 bits per heavy atom. The molecular formula is C11H14N4O2. The van der Waals surface area contributed by atoms with Crippen molar-refractivity contribution in [2.45, 2.75) is 13.5 Å². The van der Waals surface area contributed by atoms with Crippen LogP contribution in [0.1, 0.15) is 21.7 Å². The van der Waals surface area contributed by atoms with Crippen molar-refractivity contribution in [1.82, 2.24) is 9.78 Å². The molecule has 0 bridgehead atoms. The smallest absolute Gasteiger partial charge is 0.260 e. The molecule has 1 amide bonds. The molecule has 0 aliphatic heterocycles. The summed E-state index contributed by atoms with van der Waals surface area (Å²) in [5.41, 5.74) is 6.86. The van der Waals surface area contributed by atoms with Crippen molar-refractivity contribution in [3.05, 3.63) is 35.4 Å². The minimum Gasteiger partial charge on any atom is -0.469 e. The molecule has 17 heavy (non-hydrogen) atoms. The topological polar surface area (TPSA) is 86.1 Å². The summed E-state index contributed by atoms with van der Waals surface area (Å²) >= 11 is 0. The van der Waals surface area contributed by atoms with Crippen molar-refractivity contribution in [2.24, 2.45) is 12.8 Å². The number of hydrogen-bond donors (Lipinski definition) is 2. The molecule has 0 unspecified atom stereocenters. The number of aryl methyl sites for hydroxylation is 2. The van der Waals surface area contributed by atoms with Gasteiger partial charge in [-0.05, 0) is 13.0 Å². The van der Waals surface area contributed by atoms with E-state index in [9.17, 15) is 4.79 Å². The Kier molecular flexibility index (Phi) is 2.97. The van der Waals surface area contributed by atoms with Gasteiger partial charge in [0.05, 0.1) is 11.8 Å². The van der Waals surface area contributed by atoms with Crippen LogP contribution in [0.15, 0.2) is 22.9 Å². The first kappa shape index (κ1) is 11.4. The molecule has 0 aromatic carbocycles. The highest BCUT2D eigenvalue weighted by atomic mass is 16.3. The standard InChI is InChI=1S/C11H14N4O2/c1-7-9(3-4-17-7)11(16)13-10-8(5-12)6-15(2)14-10/h3-4,6H,5,12H2,1-2H3,(H,13,14,16). The number of nitrogens with two attached hydrogens (primary N) is 1. The van der Waals surface area contributed by atoms with Gasteiger partial charge in [0, 0.05) is 25.4 Å². The maximum Gasteiger partial charge on any atom is 0.260 e. The third-order valence-corrected chi connectivity index (χ3v) is 2.46. The van der Waals surface area contributed by atoms with E-state index in [1.54, 1.807) is 30.9 Å². The third-order valence-electron chi connectivity index (χ3n) is 2.46. The number of amides is 1. The van der Waals surface area contributed by atoms with Gasteiger partial charge in [-0.15, -0.1) is 0 Å². The first-order valence-electron chi connectivity index (χ1n) is 5.20. The summed E-state index contributed by atoms with van der Waals surface area (Å²) < 4.78 is 6.69. The van der Waals surface area contributed by atoms with Crippen molar-refractivity contribution in [1.29, 1.82) is 0 Å². The zero-order valence-electron chi connectivity index (χ0n) is 9.73. The fraction of sp³-hybridized carbons (Fsp3) is 0.273. The molecule has 0 fully saturated rings. The van der Waals surface area contributed by atoms with Crippen LogP contribution in [-0.2, 0) is 13.6 Å². The largest absolute Gasteiger partial charge is 0.469 e. The highest BCUT2D eigenvalue weighted by Gasteiger charge is 2.15. The van der Waals surface area contributed by atoms with E-state index in [1.165, 1.54) is 6.26 Å². The number of carbonyl (C=O) groups is 1. The van der Waals surface area contributed by atoms with Crippen LogP contribution in [0.2, 0.25) is 0 Å². The summed E-state index contributed by atoms with van der Waals surface area (Å²) in [6.45, 7) is 2.06. The van der Waals surface area contributed by atoms with Gasteiger partial charge in [0.1, 0.15) is 5.76 Å². The zero-order chi connectivity index (χ0) is 12.4. The summed E-state index contributed by atoms with van der Waals surface area (Å²) in [4.78, 5) is 11.9. The molecule has 3 N–H and O–H groups in total. The number of rotatable bonds is 3. The lowest BCUT2D eigenvalue weighted by atomic mass is 10.2. The van der Waals surface area contributed by atoms with Crippen LogP contribution < -0.4 is 11.1 Å². The van der Waals surface area contributed by atoms with Crippen molar-refractivity contribution >= 4 is 11.7 Å². The Bertz CT molecular complexity index is 541. The van der Waals surface area contributed by atoms with Crippen LogP contribution >= 0.6 is 0 Å². The lowest BCUT2D eigenvalue weighted by molar-refractivity contribution is 0.102. The van der Waals surface area contributed by atoms with Crippen LogP contribution in [-0.4, -0.2) is 15.7 Å². The van der Waals surface area contributed by atoms with E-state index in [0.29, 0.717) is 23.7 Å². The summed E-state index contributed by atoms with van der Waals surface area (Å²) in [6.07, 6.45) is 3.25. The Labute approximate surface area is 98.4 Å². The van der Waals surface area contributed by atoms with Crippen LogP contribution in [0, 0.1) is 6.92 Å². The number of anilines is 1. The quantitative estimate of drug-likeness (QED) is 0.830. The van der Waals surface area contributed by atoms with Crippen LogP contribution in [0.4, 0.5) is 5.82 Å². The van der Waals surface area contributed by atoms with E-state index in [-0.39, 0.29) is 5.91 Å². The number of hydrogen-bond acceptors (Lipinski definition) is 4. The minimum absolute atomic E-state index is 0.246. The van der Waals surface area contributed by atoms with Gasteiger partial charge in [-0.3, -0.25) is 9.48 Å². The molecule has 0 saturated carbocycles. The maximum atomic E-state index is 11.9. The highest BCUT2D eigenvalue weighted by Crippen LogP contribution is 2.15. The molecule has 2 aromatic heterocycles. The zero-order valence-corrected chi connectivity index (χ0v) is 9.73. The van der Waals surface area contributed by atoms with Crippen molar-refractivity contribution in [3.63, 3.8) is 0 Å². The van der Waals surface area contributed by atoms with E-state index in [4.69, 9.17) is 10.2 Å². The molecule has 0 saturated heterocycles. The van der Waals surface area contributed by atoms with Crippen molar-refractivity contribution in [3.8, 4) is 0 Å². The van der Waals surface area contributed by atoms with Gasteiger partial charge < -0.3 is 15.5 Å².